The molecule has 30 heavy (non-hydrogen) atoms. The Morgan fingerprint density at radius 3 is 0.400 bits per heavy atom. The quantitative estimate of drug-likeness (QED) is 0.239. The second kappa shape index (κ2) is 15.6. The zero-order valence-corrected chi connectivity index (χ0v) is 21.4. The Kier molecular flexibility index (Phi) is 23.2. The van der Waals surface area contributed by atoms with Crippen LogP contribution in [0.3, 0.4) is 0 Å². The molecule has 0 aliphatic carbocycles. The molecule has 0 heterocycles. The van der Waals surface area contributed by atoms with Crippen molar-refractivity contribution in [2.75, 3.05) is 15.3 Å². The normalized spacial score (nSPS) is 12.2. The maximum absolute atomic E-state index is 9.51. The predicted octanol–water partition coefficient (Wildman–Crippen LogP) is -5.48. The summed E-state index contributed by atoms with van der Waals surface area (Å²) in [6.07, 6.45) is 0. The fourth-order valence-corrected chi connectivity index (χ4v) is 4.77. The van der Waals surface area contributed by atoms with Crippen LogP contribution in [0, 0.1) is 0 Å². The van der Waals surface area contributed by atoms with Crippen LogP contribution >= 0.6 is 12.4 Å². The summed E-state index contributed by atoms with van der Waals surface area (Å²) in [5, 5.41) is -5.62. The molecule has 0 aromatic carbocycles. The van der Waals surface area contributed by atoms with Crippen molar-refractivity contribution in [1.29, 1.82) is 0 Å². The first-order valence-corrected chi connectivity index (χ1v) is 14.2. The molecule has 0 rings (SSSR count). The van der Waals surface area contributed by atoms with E-state index in [0.717, 1.165) is 0 Å². The molecule has 0 unspecified atom stereocenters. The van der Waals surface area contributed by atoms with E-state index in [9.17, 15) is 77.8 Å². The molecule has 18 nitrogen and oxygen atoms in total. The Hall–Kier alpha value is 0.815. The molecule has 0 aliphatic heterocycles. The van der Waals surface area contributed by atoms with E-state index < -0.39 is 76.0 Å². The van der Waals surface area contributed by atoms with Gasteiger partial charge >= 0.3 is 34.7 Å². The van der Waals surface area contributed by atoms with Crippen molar-refractivity contribution in [3.8, 4) is 0 Å². The van der Waals surface area contributed by atoms with Crippen molar-refractivity contribution in [3.63, 3.8) is 0 Å². The average Bonchev–Trinajstić information content (AvgIpc) is 1.96. The SMILES string of the molecule is Cl.O=S(=O)([O-])CS(=O)(=O)[O-].O=S(=O)([O-])CS(=O)(=O)[O-].O=S(=O)([O-])CS(=O)(=O)[O-].[Cr+3].[Cr+3]. The van der Waals surface area contributed by atoms with Gasteiger partial charge in [-0.25, -0.2) is 50.5 Å². The third-order valence-corrected chi connectivity index (χ3v) is 7.79. The minimum absolute atomic E-state index is 0. The van der Waals surface area contributed by atoms with Crippen LogP contribution in [0.4, 0.5) is 0 Å². The van der Waals surface area contributed by atoms with Crippen molar-refractivity contribution >= 4 is 73.1 Å². The van der Waals surface area contributed by atoms with Gasteiger partial charge in [-0.2, -0.15) is 0 Å². The van der Waals surface area contributed by atoms with Gasteiger partial charge in [0.25, 0.3) is 0 Å². The van der Waals surface area contributed by atoms with Crippen LogP contribution < -0.4 is 0 Å². The third-order valence-electron chi connectivity index (χ3n) is 0.866. The molecule has 0 bridgehead atoms. The zero-order chi connectivity index (χ0) is 23.1. The summed E-state index contributed by atoms with van der Waals surface area (Å²) in [5.74, 6) is 0. The van der Waals surface area contributed by atoms with E-state index >= 15 is 0 Å². The summed E-state index contributed by atoms with van der Waals surface area (Å²) in [7, 11) is -29.6. The van der Waals surface area contributed by atoms with Crippen LogP contribution in [0.25, 0.3) is 0 Å². The Morgan fingerprint density at radius 2 is 0.400 bits per heavy atom. The monoisotopic (exact) mass is 662 g/mol. The maximum Gasteiger partial charge on any atom is 3.00 e. The van der Waals surface area contributed by atoms with Gasteiger partial charge in [-0.1, -0.05) is 0 Å². The van der Waals surface area contributed by atoms with E-state index in [4.69, 9.17) is 0 Å². The summed E-state index contributed by atoms with van der Waals surface area (Å²) < 4.78 is 171. The van der Waals surface area contributed by atoms with Gasteiger partial charge in [-0.05, 0) is 0 Å². The van der Waals surface area contributed by atoms with E-state index in [1.807, 2.05) is 0 Å². The summed E-state index contributed by atoms with van der Waals surface area (Å²) >= 11 is 0. The molecule has 0 aromatic heterocycles. The van der Waals surface area contributed by atoms with E-state index in [-0.39, 0.29) is 47.1 Å². The van der Waals surface area contributed by atoms with Gasteiger partial charge in [0.15, 0.2) is 0 Å². The van der Waals surface area contributed by atoms with E-state index in [1.54, 1.807) is 0 Å². The molecular formula is C3H7ClCr2O18S6. The molecule has 2 radical (unpaired) electrons. The summed E-state index contributed by atoms with van der Waals surface area (Å²) in [6, 6.07) is 0. The van der Waals surface area contributed by atoms with Gasteiger partial charge in [-0.15, -0.1) is 12.4 Å². The van der Waals surface area contributed by atoms with Crippen LogP contribution in [-0.2, 0) is 95.4 Å². The van der Waals surface area contributed by atoms with E-state index in [0.29, 0.717) is 0 Å². The first-order chi connectivity index (χ1) is 11.1. The average molecular weight is 663 g/mol. The fraction of sp³-hybridized carbons (Fsp3) is 1.00. The zero-order valence-electron chi connectivity index (χ0n) is 13.1. The largest absolute Gasteiger partial charge is 3.00 e. The smallest absolute Gasteiger partial charge is 0.747 e. The van der Waals surface area contributed by atoms with Crippen LogP contribution in [0.5, 0.6) is 0 Å². The minimum atomic E-state index is -4.93. The van der Waals surface area contributed by atoms with Gasteiger partial charge in [0.05, 0.1) is 0 Å². The molecule has 0 fully saturated rings. The molecule has 0 N–H and O–H groups in total. The predicted molar refractivity (Wildman–Crippen MR) is 80.0 cm³/mol. The van der Waals surface area contributed by atoms with E-state index in [1.165, 1.54) is 0 Å². The number of hydrogen-bond acceptors (Lipinski definition) is 18. The van der Waals surface area contributed by atoms with Gasteiger partial charge < -0.3 is 27.3 Å². The fourth-order valence-electron chi connectivity index (χ4n) is 0.530. The molecule has 0 saturated carbocycles. The second-order valence-corrected chi connectivity index (χ2v) is 13.2. The number of hydrogen-bond donors (Lipinski definition) is 0. The molecule has 0 amide bonds. The van der Waals surface area contributed by atoms with Crippen molar-refractivity contribution in [3.05, 3.63) is 0 Å². The van der Waals surface area contributed by atoms with Crippen LogP contribution in [-0.4, -0.2) is 93.1 Å². The summed E-state index contributed by atoms with van der Waals surface area (Å²) in [4.78, 5) is 0. The molecule has 0 aliphatic rings. The summed E-state index contributed by atoms with van der Waals surface area (Å²) in [6.45, 7) is 0. The van der Waals surface area contributed by atoms with Gasteiger partial charge in [0.1, 0.15) is 76.0 Å². The molecular weight excluding hydrogens is 656 g/mol. The first-order valence-electron chi connectivity index (χ1n) is 4.73. The van der Waals surface area contributed by atoms with Crippen LogP contribution in [0.15, 0.2) is 0 Å². The van der Waals surface area contributed by atoms with Crippen LogP contribution in [0.1, 0.15) is 0 Å². The molecule has 0 aromatic rings. The maximum atomic E-state index is 9.51. The number of halogens is 1. The Labute approximate surface area is 199 Å². The van der Waals surface area contributed by atoms with Gasteiger partial charge in [-0.3, -0.25) is 0 Å². The molecule has 0 spiro atoms. The van der Waals surface area contributed by atoms with Gasteiger partial charge in [0, 0.05) is 0 Å². The van der Waals surface area contributed by atoms with Crippen molar-refractivity contribution in [2.45, 2.75) is 0 Å². The van der Waals surface area contributed by atoms with Crippen molar-refractivity contribution < 1.29 is 113 Å². The Morgan fingerprint density at radius 1 is 0.333 bits per heavy atom. The topological polar surface area (TPSA) is 343 Å². The Bertz CT molecular complexity index is 873. The molecule has 0 saturated heterocycles. The molecule has 27 heteroatoms. The molecule has 182 valence electrons. The summed E-state index contributed by atoms with van der Waals surface area (Å²) in [5.41, 5.74) is 0. The first kappa shape index (κ1) is 44.5. The Balaban J connectivity index is -0.0000000686. The third kappa shape index (κ3) is 63.0. The van der Waals surface area contributed by atoms with E-state index in [2.05, 4.69) is 0 Å². The van der Waals surface area contributed by atoms with Crippen molar-refractivity contribution in [1.82, 2.24) is 0 Å². The minimum Gasteiger partial charge on any atom is -0.747 e. The number of rotatable bonds is 6. The van der Waals surface area contributed by atoms with Crippen molar-refractivity contribution in [2.24, 2.45) is 0 Å². The second-order valence-electron chi connectivity index (χ2n) is 3.70. The standard InChI is InChI=1S/3CH4O6S2.ClH.2Cr/c3*2-8(3,4)1-9(5,6)7;;;/h3*1H2,(H,2,3,4)(H,5,6,7);1H;;/q;;;;2*+3/p-6. The van der Waals surface area contributed by atoms with Crippen LogP contribution in [0.2, 0.25) is 0 Å². The molecule has 0 atom stereocenters. The van der Waals surface area contributed by atoms with Gasteiger partial charge in [0.2, 0.25) is 0 Å².